The Morgan fingerprint density at radius 3 is 2.46 bits per heavy atom. The molecule has 8 heteroatoms. The Hall–Kier alpha value is -2.06. The van der Waals surface area contributed by atoms with Crippen molar-refractivity contribution in [2.75, 3.05) is 29.5 Å². The number of hydrogen-bond acceptors (Lipinski definition) is 4. The number of carbonyl (C=O) groups excluding carboxylic acids is 1. The SMILES string of the molecule is CN(c1ccc(OCC(=O)Nc2cccc(Br)c2)cc1)S(C)(=O)=O. The largest absolute Gasteiger partial charge is 0.484 e. The number of ether oxygens (including phenoxy) is 1. The number of nitrogens with one attached hydrogen (secondary N) is 1. The number of hydrogen-bond donors (Lipinski definition) is 1. The summed E-state index contributed by atoms with van der Waals surface area (Å²) in [6, 6.07) is 13.7. The fourth-order valence-corrected chi connectivity index (χ4v) is 2.76. The maximum atomic E-state index is 11.9. The topological polar surface area (TPSA) is 75.7 Å². The molecule has 0 saturated heterocycles. The molecule has 0 saturated carbocycles. The summed E-state index contributed by atoms with van der Waals surface area (Å²) >= 11 is 3.33. The molecule has 1 N–H and O–H groups in total. The molecule has 1 amide bonds. The molecule has 128 valence electrons. The van der Waals surface area contributed by atoms with E-state index in [0.29, 0.717) is 17.1 Å². The monoisotopic (exact) mass is 412 g/mol. The van der Waals surface area contributed by atoms with E-state index in [-0.39, 0.29) is 12.5 Å². The third kappa shape index (κ3) is 5.24. The first-order chi connectivity index (χ1) is 11.3. The zero-order valence-corrected chi connectivity index (χ0v) is 15.6. The highest BCUT2D eigenvalue weighted by atomic mass is 79.9. The van der Waals surface area contributed by atoms with Crippen molar-refractivity contribution in [1.82, 2.24) is 0 Å². The van der Waals surface area contributed by atoms with Gasteiger partial charge in [0.1, 0.15) is 5.75 Å². The van der Waals surface area contributed by atoms with Crippen LogP contribution in [-0.4, -0.2) is 34.2 Å². The second-order valence-corrected chi connectivity index (χ2v) is 8.00. The highest BCUT2D eigenvalue weighted by Gasteiger charge is 2.11. The van der Waals surface area contributed by atoms with Crippen LogP contribution in [0.5, 0.6) is 5.75 Å². The van der Waals surface area contributed by atoms with Gasteiger partial charge in [-0.05, 0) is 42.5 Å². The fourth-order valence-electron chi connectivity index (χ4n) is 1.86. The first kappa shape index (κ1) is 18.3. The van der Waals surface area contributed by atoms with Crippen molar-refractivity contribution in [2.45, 2.75) is 0 Å². The Morgan fingerprint density at radius 1 is 1.21 bits per heavy atom. The number of carbonyl (C=O) groups is 1. The number of sulfonamides is 1. The second-order valence-electron chi connectivity index (χ2n) is 5.07. The van der Waals surface area contributed by atoms with Crippen molar-refractivity contribution in [3.8, 4) is 5.75 Å². The molecule has 2 aromatic carbocycles. The number of nitrogens with zero attached hydrogens (tertiary/aromatic N) is 1. The average molecular weight is 413 g/mol. The van der Waals surface area contributed by atoms with Gasteiger partial charge in [0.05, 0.1) is 11.9 Å². The first-order valence-electron chi connectivity index (χ1n) is 6.98. The number of benzene rings is 2. The van der Waals surface area contributed by atoms with Crippen LogP contribution in [0.3, 0.4) is 0 Å². The molecular weight excluding hydrogens is 396 g/mol. The van der Waals surface area contributed by atoms with Gasteiger partial charge in [-0.3, -0.25) is 9.10 Å². The van der Waals surface area contributed by atoms with Crippen molar-refractivity contribution in [3.63, 3.8) is 0 Å². The van der Waals surface area contributed by atoms with Gasteiger partial charge in [0.15, 0.2) is 6.61 Å². The Kier molecular flexibility index (Phi) is 5.84. The zero-order chi connectivity index (χ0) is 17.7. The molecule has 0 spiro atoms. The van der Waals surface area contributed by atoms with Gasteiger partial charge >= 0.3 is 0 Å². The summed E-state index contributed by atoms with van der Waals surface area (Å²) in [5.74, 6) is 0.190. The van der Waals surface area contributed by atoms with Gasteiger partial charge in [-0.25, -0.2) is 8.42 Å². The molecule has 0 aliphatic rings. The highest BCUT2D eigenvalue weighted by Crippen LogP contribution is 2.20. The van der Waals surface area contributed by atoms with Gasteiger partial charge in [0, 0.05) is 17.2 Å². The number of anilines is 2. The molecule has 0 aromatic heterocycles. The summed E-state index contributed by atoms with van der Waals surface area (Å²) in [6.07, 6.45) is 1.13. The van der Waals surface area contributed by atoms with E-state index in [2.05, 4.69) is 21.2 Å². The summed E-state index contributed by atoms with van der Waals surface area (Å²) in [6.45, 7) is -0.145. The lowest BCUT2D eigenvalue weighted by Gasteiger charge is -2.16. The average Bonchev–Trinajstić information content (AvgIpc) is 2.52. The number of rotatable bonds is 6. The van der Waals surface area contributed by atoms with Crippen LogP contribution in [0.15, 0.2) is 53.0 Å². The second kappa shape index (κ2) is 7.67. The minimum atomic E-state index is -3.31. The normalized spacial score (nSPS) is 11.0. The van der Waals surface area contributed by atoms with E-state index in [9.17, 15) is 13.2 Å². The summed E-state index contributed by atoms with van der Waals surface area (Å²) in [4.78, 5) is 11.9. The summed E-state index contributed by atoms with van der Waals surface area (Å²) in [5, 5.41) is 2.72. The summed E-state index contributed by atoms with van der Waals surface area (Å²) < 4.78 is 30.4. The number of amides is 1. The molecule has 0 heterocycles. The van der Waals surface area contributed by atoms with Crippen LogP contribution in [0.4, 0.5) is 11.4 Å². The Bertz CT molecular complexity index is 822. The van der Waals surface area contributed by atoms with E-state index in [0.717, 1.165) is 15.0 Å². The van der Waals surface area contributed by atoms with Crippen molar-refractivity contribution in [3.05, 3.63) is 53.0 Å². The third-order valence-corrected chi connectivity index (χ3v) is 4.88. The van der Waals surface area contributed by atoms with E-state index in [4.69, 9.17) is 4.74 Å². The van der Waals surface area contributed by atoms with Crippen LogP contribution in [0.25, 0.3) is 0 Å². The van der Waals surface area contributed by atoms with E-state index in [1.807, 2.05) is 12.1 Å². The fraction of sp³-hybridized carbons (Fsp3) is 0.188. The Balaban J connectivity index is 1.91. The predicted molar refractivity (Wildman–Crippen MR) is 98.0 cm³/mol. The molecule has 2 rings (SSSR count). The molecular formula is C16H17BrN2O4S. The van der Waals surface area contributed by atoms with E-state index < -0.39 is 10.0 Å². The molecule has 0 unspecified atom stereocenters. The molecule has 0 aliphatic heterocycles. The van der Waals surface area contributed by atoms with Crippen molar-refractivity contribution < 1.29 is 17.9 Å². The lowest BCUT2D eigenvalue weighted by molar-refractivity contribution is -0.118. The van der Waals surface area contributed by atoms with Crippen LogP contribution in [0.2, 0.25) is 0 Å². The van der Waals surface area contributed by atoms with Gasteiger partial charge in [0.2, 0.25) is 10.0 Å². The maximum Gasteiger partial charge on any atom is 0.262 e. The molecule has 2 aromatic rings. The molecule has 0 bridgehead atoms. The van der Waals surface area contributed by atoms with Crippen LogP contribution in [0.1, 0.15) is 0 Å². The lowest BCUT2D eigenvalue weighted by atomic mass is 10.3. The molecule has 0 atom stereocenters. The van der Waals surface area contributed by atoms with Gasteiger partial charge in [-0.15, -0.1) is 0 Å². The smallest absolute Gasteiger partial charge is 0.262 e. The van der Waals surface area contributed by atoms with E-state index in [1.165, 1.54) is 7.05 Å². The molecule has 6 nitrogen and oxygen atoms in total. The van der Waals surface area contributed by atoms with Crippen molar-refractivity contribution in [2.24, 2.45) is 0 Å². The highest BCUT2D eigenvalue weighted by molar-refractivity contribution is 9.10. The minimum absolute atomic E-state index is 0.145. The maximum absolute atomic E-state index is 11.9. The molecule has 24 heavy (non-hydrogen) atoms. The lowest BCUT2D eigenvalue weighted by Crippen LogP contribution is -2.24. The molecule has 0 radical (unpaired) electrons. The standard InChI is InChI=1S/C16H17BrN2O4S/c1-19(24(2,21)22)14-6-8-15(9-7-14)23-11-16(20)18-13-5-3-4-12(17)10-13/h3-10H,11H2,1-2H3,(H,18,20). The van der Waals surface area contributed by atoms with E-state index in [1.54, 1.807) is 36.4 Å². The number of halogens is 1. The first-order valence-corrected chi connectivity index (χ1v) is 9.62. The van der Waals surface area contributed by atoms with Crippen LogP contribution < -0.4 is 14.4 Å². The van der Waals surface area contributed by atoms with Crippen LogP contribution in [-0.2, 0) is 14.8 Å². The Morgan fingerprint density at radius 2 is 1.88 bits per heavy atom. The zero-order valence-electron chi connectivity index (χ0n) is 13.2. The van der Waals surface area contributed by atoms with Gasteiger partial charge in [0.25, 0.3) is 5.91 Å². The summed E-state index contributed by atoms with van der Waals surface area (Å²) in [7, 11) is -1.84. The van der Waals surface area contributed by atoms with Gasteiger partial charge in [-0.2, -0.15) is 0 Å². The van der Waals surface area contributed by atoms with E-state index >= 15 is 0 Å². The van der Waals surface area contributed by atoms with Crippen LogP contribution in [0, 0.1) is 0 Å². The van der Waals surface area contributed by atoms with Crippen molar-refractivity contribution >= 4 is 43.2 Å². The van der Waals surface area contributed by atoms with Crippen LogP contribution >= 0.6 is 15.9 Å². The van der Waals surface area contributed by atoms with Crippen molar-refractivity contribution in [1.29, 1.82) is 0 Å². The molecule has 0 aliphatic carbocycles. The molecule has 0 fully saturated rings. The quantitative estimate of drug-likeness (QED) is 0.791. The Labute approximate surface area is 149 Å². The van der Waals surface area contributed by atoms with Gasteiger partial charge in [-0.1, -0.05) is 22.0 Å². The third-order valence-electron chi connectivity index (χ3n) is 3.18. The van der Waals surface area contributed by atoms with Gasteiger partial charge < -0.3 is 10.1 Å². The minimum Gasteiger partial charge on any atom is -0.484 e. The predicted octanol–water partition coefficient (Wildman–Crippen LogP) is 2.86. The summed E-state index contributed by atoms with van der Waals surface area (Å²) in [5.41, 5.74) is 1.19.